The fourth-order valence-electron chi connectivity index (χ4n) is 6.04. The Morgan fingerprint density at radius 2 is 2.20 bits per heavy atom. The van der Waals surface area contributed by atoms with Crippen molar-refractivity contribution in [3.05, 3.63) is 23.2 Å². The van der Waals surface area contributed by atoms with E-state index in [-0.39, 0.29) is 35.0 Å². The molecule has 6 atom stereocenters. The molecule has 1 aromatic rings. The van der Waals surface area contributed by atoms with E-state index in [2.05, 4.69) is 25.7 Å². The highest BCUT2D eigenvalue weighted by Gasteiger charge is 2.54. The van der Waals surface area contributed by atoms with Gasteiger partial charge in [0.2, 0.25) is 5.91 Å². The Bertz CT molecular complexity index is 791. The summed E-state index contributed by atoms with van der Waals surface area (Å²) in [5.74, 6) is 2.53. The largest absolute Gasteiger partial charge is 0.392 e. The van der Waals surface area contributed by atoms with Crippen molar-refractivity contribution in [2.24, 2.45) is 23.2 Å². The number of aliphatic hydroxyl groups excluding tert-OH is 1. The molecule has 2 aliphatic carbocycles. The van der Waals surface area contributed by atoms with Crippen LogP contribution in [0.25, 0.3) is 0 Å². The first-order valence-electron chi connectivity index (χ1n) is 11.2. The molecule has 0 spiro atoms. The van der Waals surface area contributed by atoms with Gasteiger partial charge in [-0.15, -0.1) is 17.9 Å². The number of rotatable bonds is 5. The molecule has 2 N–H and O–H groups in total. The Balaban J connectivity index is 1.54. The number of nitrogens with zero attached hydrogens (tertiary/aromatic N) is 2. The first-order valence-corrected chi connectivity index (χ1v) is 13.2. The zero-order valence-electron chi connectivity index (χ0n) is 18.4. The normalized spacial score (nSPS) is 34.6. The molecule has 1 aromatic heterocycles. The minimum Gasteiger partial charge on any atom is -0.392 e. The van der Waals surface area contributed by atoms with Gasteiger partial charge < -0.3 is 15.3 Å². The second kappa shape index (κ2) is 8.83. The molecule has 30 heavy (non-hydrogen) atoms. The van der Waals surface area contributed by atoms with E-state index in [1.54, 1.807) is 11.3 Å². The number of aromatic nitrogens is 1. The maximum Gasteiger partial charge on any atom is 0.225 e. The van der Waals surface area contributed by atoms with Crippen LogP contribution >= 0.6 is 23.1 Å². The van der Waals surface area contributed by atoms with Crippen LogP contribution in [0.3, 0.4) is 0 Å². The molecule has 0 bridgehead atoms. The van der Waals surface area contributed by atoms with Crippen LogP contribution in [-0.4, -0.2) is 58.1 Å². The van der Waals surface area contributed by atoms with Crippen LogP contribution in [0.15, 0.2) is 12.7 Å². The number of hydrogen-bond donors (Lipinski definition) is 2. The summed E-state index contributed by atoms with van der Waals surface area (Å²) >= 11 is 3.67. The van der Waals surface area contributed by atoms with Crippen molar-refractivity contribution in [2.45, 2.75) is 52.1 Å². The third-order valence-electron chi connectivity index (χ3n) is 7.67. The van der Waals surface area contributed by atoms with E-state index in [1.807, 2.05) is 29.7 Å². The van der Waals surface area contributed by atoms with E-state index >= 15 is 0 Å². The number of hydrogen-bond acceptors (Lipinski definition) is 6. The van der Waals surface area contributed by atoms with Gasteiger partial charge in [0.15, 0.2) is 5.13 Å². The smallest absolute Gasteiger partial charge is 0.225 e. The van der Waals surface area contributed by atoms with Crippen molar-refractivity contribution in [3.8, 4) is 0 Å². The second-order valence-corrected chi connectivity index (χ2v) is 11.9. The summed E-state index contributed by atoms with van der Waals surface area (Å²) in [5.41, 5.74) is 1.20. The molecule has 3 aliphatic rings. The van der Waals surface area contributed by atoms with Gasteiger partial charge in [-0.2, -0.15) is 11.8 Å². The third kappa shape index (κ3) is 3.93. The molecule has 166 valence electrons. The molecule has 2 fully saturated rings. The van der Waals surface area contributed by atoms with Crippen LogP contribution in [0.2, 0.25) is 0 Å². The predicted octanol–water partition coefficient (Wildman–Crippen LogP) is 4.01. The highest BCUT2D eigenvalue weighted by atomic mass is 32.2. The summed E-state index contributed by atoms with van der Waals surface area (Å²) in [6.45, 7) is 12.8. The van der Waals surface area contributed by atoms with Crippen LogP contribution < -0.4 is 5.32 Å². The monoisotopic (exact) mass is 449 g/mol. The van der Waals surface area contributed by atoms with Crippen molar-refractivity contribution < 1.29 is 9.90 Å². The highest BCUT2D eigenvalue weighted by molar-refractivity contribution is 7.99. The van der Waals surface area contributed by atoms with Crippen LogP contribution in [0, 0.1) is 23.2 Å². The van der Waals surface area contributed by atoms with E-state index in [0.29, 0.717) is 6.54 Å². The average Bonchev–Trinajstić information content (AvgIpc) is 3.14. The molecule has 1 aliphatic heterocycles. The summed E-state index contributed by atoms with van der Waals surface area (Å²) in [4.78, 5) is 21.4. The van der Waals surface area contributed by atoms with Gasteiger partial charge in [-0.05, 0) is 36.5 Å². The highest BCUT2D eigenvalue weighted by Crippen LogP contribution is 2.57. The van der Waals surface area contributed by atoms with E-state index in [1.165, 1.54) is 4.88 Å². The number of carbonyl (C=O) groups is 1. The van der Waals surface area contributed by atoms with E-state index in [0.717, 1.165) is 54.7 Å². The molecule has 1 saturated carbocycles. The van der Waals surface area contributed by atoms with Gasteiger partial charge in [0.25, 0.3) is 0 Å². The summed E-state index contributed by atoms with van der Waals surface area (Å²) in [5, 5.41) is 15.8. The van der Waals surface area contributed by atoms with Crippen molar-refractivity contribution in [2.75, 3.05) is 36.5 Å². The maximum atomic E-state index is 13.1. The number of thioether (sulfide) groups is 1. The quantitative estimate of drug-likeness (QED) is 0.665. The Morgan fingerprint density at radius 3 is 2.90 bits per heavy atom. The van der Waals surface area contributed by atoms with Crippen LogP contribution in [-0.2, 0) is 11.2 Å². The zero-order valence-corrected chi connectivity index (χ0v) is 20.0. The zero-order chi connectivity index (χ0) is 21.5. The van der Waals surface area contributed by atoms with Gasteiger partial charge in [0, 0.05) is 47.9 Å². The molecule has 7 heteroatoms. The first-order chi connectivity index (χ1) is 14.4. The number of amides is 1. The van der Waals surface area contributed by atoms with Gasteiger partial charge in [0.1, 0.15) is 0 Å². The molecular formula is C23H35N3O2S2. The van der Waals surface area contributed by atoms with E-state index in [4.69, 9.17) is 4.98 Å². The van der Waals surface area contributed by atoms with Crippen LogP contribution in [0.1, 0.15) is 50.1 Å². The molecule has 0 aromatic carbocycles. The number of fused-ring (bicyclic) bond motifs is 2. The molecule has 1 amide bonds. The fraction of sp³-hybridized carbons (Fsp3) is 0.739. The summed E-state index contributed by atoms with van der Waals surface area (Å²) < 4.78 is 0. The first kappa shape index (κ1) is 22.2. The van der Waals surface area contributed by atoms with Crippen molar-refractivity contribution >= 4 is 34.1 Å². The minimum absolute atomic E-state index is 0.0335. The summed E-state index contributed by atoms with van der Waals surface area (Å²) in [6.07, 6.45) is 4.34. The van der Waals surface area contributed by atoms with Gasteiger partial charge >= 0.3 is 0 Å². The Morgan fingerprint density at radius 1 is 1.47 bits per heavy atom. The molecular weight excluding hydrogens is 414 g/mol. The van der Waals surface area contributed by atoms with Crippen molar-refractivity contribution in [1.29, 1.82) is 0 Å². The van der Waals surface area contributed by atoms with Gasteiger partial charge in [0.05, 0.1) is 11.8 Å². The third-order valence-corrected chi connectivity index (χ3v) is 9.65. The fourth-order valence-corrected chi connectivity index (χ4v) is 8.21. The van der Waals surface area contributed by atoms with Gasteiger partial charge in [-0.25, -0.2) is 4.98 Å². The predicted molar refractivity (Wildman–Crippen MR) is 126 cm³/mol. The molecule has 1 saturated heterocycles. The number of anilines is 1. The molecule has 5 nitrogen and oxygen atoms in total. The van der Waals surface area contributed by atoms with E-state index < -0.39 is 6.10 Å². The topological polar surface area (TPSA) is 65.5 Å². The lowest BCUT2D eigenvalue weighted by Crippen LogP contribution is -2.54. The average molecular weight is 450 g/mol. The lowest BCUT2D eigenvalue weighted by molar-refractivity contribution is -0.144. The SMILES string of the molecule is C=CCNc1nc2c(s1)C[C@@]1(C)CC[C@@H]([C@H](C)C(=O)N3CCSCC3)[C@H](O)[C@H]1[C@H]2C. The Hall–Kier alpha value is -1.05. The molecule has 2 heterocycles. The van der Waals surface area contributed by atoms with Gasteiger partial charge in [-0.3, -0.25) is 4.79 Å². The molecule has 4 rings (SSSR count). The van der Waals surface area contributed by atoms with Gasteiger partial charge in [-0.1, -0.05) is 26.8 Å². The lowest BCUT2D eigenvalue weighted by atomic mass is 9.53. The lowest BCUT2D eigenvalue weighted by Gasteiger charge is -2.53. The number of thiazole rings is 1. The number of carbonyl (C=O) groups excluding carboxylic acids is 1. The standard InChI is InChI=1S/C23H35N3O2S2/c1-5-8-24-22-25-19-15(3)18-20(27)16(6-7-23(18,4)13-17(19)30-22)14(2)21(28)26-9-11-29-12-10-26/h5,14-16,18,20,27H,1,6-13H2,2-4H3,(H,24,25)/t14-,15+,16-,18+,20-,23+/m0/s1. The van der Waals surface area contributed by atoms with Crippen LogP contribution in [0.5, 0.6) is 0 Å². The van der Waals surface area contributed by atoms with Crippen molar-refractivity contribution in [1.82, 2.24) is 9.88 Å². The van der Waals surface area contributed by atoms with Crippen molar-refractivity contribution in [3.63, 3.8) is 0 Å². The Labute approximate surface area is 188 Å². The number of nitrogens with one attached hydrogen (secondary N) is 1. The summed E-state index contributed by atoms with van der Waals surface area (Å²) in [7, 11) is 0. The second-order valence-electron chi connectivity index (χ2n) is 9.56. The molecule has 0 unspecified atom stereocenters. The summed E-state index contributed by atoms with van der Waals surface area (Å²) in [6, 6.07) is 0. The maximum absolute atomic E-state index is 13.1. The van der Waals surface area contributed by atoms with Crippen LogP contribution in [0.4, 0.5) is 5.13 Å². The van der Waals surface area contributed by atoms with E-state index in [9.17, 15) is 9.90 Å². The number of aliphatic hydroxyl groups is 1. The molecule has 0 radical (unpaired) electrons. The minimum atomic E-state index is -0.462. The Kier molecular flexibility index (Phi) is 6.52.